The van der Waals surface area contributed by atoms with Crippen molar-refractivity contribution in [1.29, 1.82) is 0 Å². The first kappa shape index (κ1) is 7.49. The maximum atomic E-state index is 9.25. The normalized spacial score (nSPS) is 62.2. The smallest absolute Gasteiger partial charge is 0.0856 e. The van der Waals surface area contributed by atoms with Crippen LogP contribution >= 0.6 is 0 Å². The fraction of sp³-hybridized carbons (Fsp3) is 1.00. The van der Waals surface area contributed by atoms with Gasteiger partial charge in [-0.2, -0.15) is 0 Å². The Morgan fingerprint density at radius 3 is 1.09 bits per heavy atom. The predicted octanol–water partition coefficient (Wildman–Crippen LogP) is -1.92. The molecule has 2 fully saturated rings. The van der Waals surface area contributed by atoms with Gasteiger partial charge in [0.1, 0.15) is 0 Å². The number of hydrogen-bond donors (Lipinski definition) is 4. The summed E-state index contributed by atoms with van der Waals surface area (Å²) in [6.07, 6.45) is -2.86. The first-order valence-corrected chi connectivity index (χ1v) is 3.85. The lowest BCUT2D eigenvalue weighted by Gasteiger charge is -2.30. The second-order valence-electron chi connectivity index (χ2n) is 3.53. The highest BCUT2D eigenvalue weighted by atomic mass is 16.4. The highest BCUT2D eigenvalue weighted by Gasteiger charge is 2.56. The summed E-state index contributed by atoms with van der Waals surface area (Å²) in [6, 6.07) is 0. The molecule has 0 amide bonds. The predicted molar refractivity (Wildman–Crippen MR) is 35.6 cm³/mol. The maximum absolute atomic E-state index is 9.25. The minimum Gasteiger partial charge on any atom is -0.390 e. The van der Waals surface area contributed by atoms with Crippen molar-refractivity contribution in [3.05, 3.63) is 0 Å². The Kier molecular flexibility index (Phi) is 1.47. The number of rotatable bonds is 0. The van der Waals surface area contributed by atoms with E-state index in [4.69, 9.17) is 0 Å². The van der Waals surface area contributed by atoms with E-state index >= 15 is 0 Å². The van der Waals surface area contributed by atoms with Crippen molar-refractivity contribution in [3.8, 4) is 0 Å². The van der Waals surface area contributed by atoms with Gasteiger partial charge in [-0.1, -0.05) is 0 Å². The first-order valence-electron chi connectivity index (χ1n) is 3.85. The van der Waals surface area contributed by atoms with Crippen LogP contribution in [-0.2, 0) is 0 Å². The van der Waals surface area contributed by atoms with Crippen molar-refractivity contribution in [3.63, 3.8) is 0 Å². The van der Waals surface area contributed by atoms with Gasteiger partial charge in [0.15, 0.2) is 0 Å². The van der Waals surface area contributed by atoms with E-state index in [0.717, 1.165) is 0 Å². The molecule has 0 saturated heterocycles. The molecule has 2 saturated carbocycles. The second kappa shape index (κ2) is 2.17. The van der Waals surface area contributed by atoms with Gasteiger partial charge in [-0.3, -0.25) is 0 Å². The molecule has 0 unspecified atom stereocenters. The minimum absolute atomic E-state index is 0.329. The van der Waals surface area contributed by atoms with E-state index in [1.165, 1.54) is 0 Å². The van der Waals surface area contributed by atoms with Crippen LogP contribution in [0.2, 0.25) is 0 Å². The molecular weight excluding hydrogens is 148 g/mol. The Labute approximate surface area is 64.1 Å². The van der Waals surface area contributed by atoms with Crippen LogP contribution in [0.3, 0.4) is 0 Å². The number of aliphatic hydroxyl groups is 4. The molecule has 2 bridgehead atoms. The van der Waals surface area contributed by atoms with Crippen LogP contribution in [0.4, 0.5) is 0 Å². The molecule has 0 aromatic heterocycles. The van der Waals surface area contributed by atoms with Crippen LogP contribution in [0.15, 0.2) is 0 Å². The van der Waals surface area contributed by atoms with Gasteiger partial charge in [0.25, 0.3) is 0 Å². The summed E-state index contributed by atoms with van der Waals surface area (Å²) in [4.78, 5) is 0. The van der Waals surface area contributed by atoms with Crippen molar-refractivity contribution in [2.24, 2.45) is 11.8 Å². The molecule has 0 aliphatic heterocycles. The summed E-state index contributed by atoms with van der Waals surface area (Å²) in [5.74, 6) is -0.657. The largest absolute Gasteiger partial charge is 0.390 e. The van der Waals surface area contributed by atoms with Gasteiger partial charge in [-0.05, 0) is 6.42 Å². The van der Waals surface area contributed by atoms with Gasteiger partial charge in [0, 0.05) is 11.8 Å². The van der Waals surface area contributed by atoms with Crippen LogP contribution in [0.25, 0.3) is 0 Å². The second-order valence-corrected chi connectivity index (χ2v) is 3.53. The molecule has 2 rings (SSSR count). The van der Waals surface area contributed by atoms with E-state index in [1.54, 1.807) is 0 Å². The zero-order valence-electron chi connectivity index (χ0n) is 5.96. The van der Waals surface area contributed by atoms with Gasteiger partial charge in [0.2, 0.25) is 0 Å². The lowest BCUT2D eigenvalue weighted by atomic mass is 9.90. The number of aliphatic hydroxyl groups excluding tert-OH is 4. The molecule has 4 heteroatoms. The summed E-state index contributed by atoms with van der Waals surface area (Å²) in [5, 5.41) is 37.0. The number of hydrogen-bond acceptors (Lipinski definition) is 4. The molecule has 64 valence electrons. The van der Waals surface area contributed by atoms with Crippen molar-refractivity contribution in [2.45, 2.75) is 30.8 Å². The zero-order valence-corrected chi connectivity index (χ0v) is 5.96. The van der Waals surface area contributed by atoms with E-state index in [0.29, 0.717) is 6.42 Å². The highest BCUT2D eigenvalue weighted by Crippen LogP contribution is 2.44. The third-order valence-electron chi connectivity index (χ3n) is 3.00. The average Bonchev–Trinajstić information content (AvgIpc) is 2.40. The molecule has 2 aliphatic rings. The van der Waals surface area contributed by atoms with E-state index in [9.17, 15) is 20.4 Å². The van der Waals surface area contributed by atoms with E-state index in [-0.39, 0.29) is 11.8 Å². The van der Waals surface area contributed by atoms with E-state index in [2.05, 4.69) is 0 Å². The van der Waals surface area contributed by atoms with Crippen molar-refractivity contribution < 1.29 is 20.4 Å². The Morgan fingerprint density at radius 2 is 0.909 bits per heavy atom. The van der Waals surface area contributed by atoms with E-state index in [1.807, 2.05) is 0 Å². The van der Waals surface area contributed by atoms with Gasteiger partial charge in [0.05, 0.1) is 24.4 Å². The quantitative estimate of drug-likeness (QED) is 0.333. The molecular formula is C7H12O4. The van der Waals surface area contributed by atoms with Crippen LogP contribution in [-0.4, -0.2) is 44.8 Å². The molecule has 0 aromatic rings. The third-order valence-corrected chi connectivity index (χ3v) is 3.00. The molecule has 4 N–H and O–H groups in total. The van der Waals surface area contributed by atoms with Crippen molar-refractivity contribution in [1.82, 2.24) is 0 Å². The van der Waals surface area contributed by atoms with Crippen LogP contribution < -0.4 is 0 Å². The zero-order chi connectivity index (χ0) is 8.17. The lowest BCUT2D eigenvalue weighted by Crippen LogP contribution is -2.47. The van der Waals surface area contributed by atoms with Crippen molar-refractivity contribution in [2.75, 3.05) is 0 Å². The van der Waals surface area contributed by atoms with Gasteiger partial charge in [-0.15, -0.1) is 0 Å². The van der Waals surface area contributed by atoms with Crippen LogP contribution in [0, 0.1) is 11.8 Å². The summed E-state index contributed by atoms with van der Waals surface area (Å²) in [5.41, 5.74) is 0. The van der Waals surface area contributed by atoms with Gasteiger partial charge < -0.3 is 20.4 Å². The molecule has 4 nitrogen and oxygen atoms in total. The van der Waals surface area contributed by atoms with Crippen LogP contribution in [0.5, 0.6) is 0 Å². The molecule has 4 atom stereocenters. The first-order chi connectivity index (χ1) is 5.13. The number of fused-ring (bicyclic) bond motifs is 2. The SMILES string of the molecule is O[C@H]1C2CC([C@@H]1O)[C@H](O)[C@H]2O. The Hall–Kier alpha value is -0.160. The van der Waals surface area contributed by atoms with Gasteiger partial charge in [-0.25, -0.2) is 0 Å². The van der Waals surface area contributed by atoms with Crippen LogP contribution in [0.1, 0.15) is 6.42 Å². The highest BCUT2D eigenvalue weighted by molar-refractivity contribution is 5.06. The molecule has 0 aromatic carbocycles. The van der Waals surface area contributed by atoms with Gasteiger partial charge >= 0.3 is 0 Å². The standard InChI is InChI=1S/C7H12O4/c8-4-2-1-3(6(4)10)7(11)5(2)9/h2-11H,1H2/t2?,3?,4-,5-,6-,7-/m0/s1. The third kappa shape index (κ3) is 0.780. The fourth-order valence-electron chi connectivity index (χ4n) is 2.29. The average molecular weight is 160 g/mol. The molecule has 11 heavy (non-hydrogen) atoms. The monoisotopic (exact) mass is 160 g/mol. The lowest BCUT2D eigenvalue weighted by molar-refractivity contribution is -0.116. The molecule has 0 heterocycles. The minimum atomic E-state index is -0.849. The summed E-state index contributed by atoms with van der Waals surface area (Å²) < 4.78 is 0. The summed E-state index contributed by atoms with van der Waals surface area (Å²) >= 11 is 0. The van der Waals surface area contributed by atoms with Crippen molar-refractivity contribution >= 4 is 0 Å². The fourth-order valence-corrected chi connectivity index (χ4v) is 2.29. The topological polar surface area (TPSA) is 80.9 Å². The Balaban J connectivity index is 2.21. The summed E-state index contributed by atoms with van der Waals surface area (Å²) in [6.45, 7) is 0. The molecule has 2 aliphatic carbocycles. The van der Waals surface area contributed by atoms with E-state index < -0.39 is 24.4 Å². The Morgan fingerprint density at radius 1 is 0.636 bits per heavy atom. The molecule has 0 spiro atoms. The molecule has 0 radical (unpaired) electrons. The Bertz CT molecular complexity index is 138. The summed E-state index contributed by atoms with van der Waals surface area (Å²) in [7, 11) is 0. The maximum Gasteiger partial charge on any atom is 0.0856 e.